The molecule has 0 spiro atoms. The molecule has 0 atom stereocenters. The van der Waals surface area contributed by atoms with Gasteiger partial charge in [-0.2, -0.15) is 0 Å². The summed E-state index contributed by atoms with van der Waals surface area (Å²) in [6.07, 6.45) is 1.08. The number of anilines is 1. The number of benzene rings is 1. The summed E-state index contributed by atoms with van der Waals surface area (Å²) in [5.74, 6) is 0. The van der Waals surface area contributed by atoms with Crippen LogP contribution in [0.3, 0.4) is 0 Å². The molecule has 1 N–H and O–H groups in total. The third-order valence-corrected chi connectivity index (χ3v) is 3.07. The summed E-state index contributed by atoms with van der Waals surface area (Å²) in [6.45, 7) is 3.91. The van der Waals surface area contributed by atoms with Crippen LogP contribution in [0, 0.1) is 6.92 Å². The van der Waals surface area contributed by atoms with Crippen LogP contribution in [0.2, 0.25) is 10.0 Å². The van der Waals surface area contributed by atoms with Crippen LogP contribution in [0.25, 0.3) is 0 Å². The zero-order valence-corrected chi connectivity index (χ0v) is 11.5. The van der Waals surface area contributed by atoms with Crippen LogP contribution < -0.4 is 5.32 Å². The Labute approximate surface area is 108 Å². The standard InChI is InChI=1S/C12H18Cl2N2/c1-9-7-11(14)12(8-10(9)13)15-5-4-6-16(2)3/h7-8,15H,4-6H2,1-3H3. The zero-order valence-electron chi connectivity index (χ0n) is 9.98. The Kier molecular flexibility index (Phi) is 5.39. The van der Waals surface area contributed by atoms with Gasteiger partial charge >= 0.3 is 0 Å². The molecule has 2 nitrogen and oxygen atoms in total. The highest BCUT2D eigenvalue weighted by Gasteiger charge is 2.03. The summed E-state index contributed by atoms with van der Waals surface area (Å²) in [7, 11) is 4.13. The Bertz CT molecular complexity index is 351. The molecular weight excluding hydrogens is 243 g/mol. The maximum Gasteiger partial charge on any atom is 0.0641 e. The van der Waals surface area contributed by atoms with E-state index in [0.29, 0.717) is 0 Å². The molecule has 0 aliphatic carbocycles. The third-order valence-electron chi connectivity index (χ3n) is 2.35. The van der Waals surface area contributed by atoms with Gasteiger partial charge in [-0.05, 0) is 51.7 Å². The van der Waals surface area contributed by atoms with Gasteiger partial charge in [0.15, 0.2) is 0 Å². The van der Waals surface area contributed by atoms with Gasteiger partial charge in [0.25, 0.3) is 0 Å². The van der Waals surface area contributed by atoms with Crippen molar-refractivity contribution in [3.63, 3.8) is 0 Å². The molecule has 0 radical (unpaired) electrons. The summed E-state index contributed by atoms with van der Waals surface area (Å²) in [6, 6.07) is 3.77. The van der Waals surface area contributed by atoms with Crippen molar-refractivity contribution in [2.75, 3.05) is 32.5 Å². The molecule has 0 aliphatic rings. The lowest BCUT2D eigenvalue weighted by molar-refractivity contribution is 0.405. The van der Waals surface area contributed by atoms with Crippen LogP contribution in [0.1, 0.15) is 12.0 Å². The van der Waals surface area contributed by atoms with E-state index in [2.05, 4.69) is 24.3 Å². The maximum absolute atomic E-state index is 6.11. The fourth-order valence-corrected chi connectivity index (χ4v) is 1.85. The molecule has 16 heavy (non-hydrogen) atoms. The third kappa shape index (κ3) is 4.20. The Morgan fingerprint density at radius 1 is 1.19 bits per heavy atom. The van der Waals surface area contributed by atoms with Gasteiger partial charge in [-0.15, -0.1) is 0 Å². The molecule has 0 aliphatic heterocycles. The van der Waals surface area contributed by atoms with E-state index in [4.69, 9.17) is 23.2 Å². The van der Waals surface area contributed by atoms with E-state index in [1.54, 1.807) is 0 Å². The second kappa shape index (κ2) is 6.33. The zero-order chi connectivity index (χ0) is 12.1. The first-order chi connectivity index (χ1) is 7.50. The van der Waals surface area contributed by atoms with Crippen LogP contribution in [-0.2, 0) is 0 Å². The maximum atomic E-state index is 6.11. The van der Waals surface area contributed by atoms with Gasteiger partial charge < -0.3 is 10.2 Å². The monoisotopic (exact) mass is 260 g/mol. The number of nitrogens with zero attached hydrogens (tertiary/aromatic N) is 1. The van der Waals surface area contributed by atoms with Crippen molar-refractivity contribution in [1.82, 2.24) is 4.90 Å². The molecule has 0 saturated carbocycles. The molecule has 1 aromatic rings. The van der Waals surface area contributed by atoms with Gasteiger partial charge in [0.05, 0.1) is 10.7 Å². The summed E-state index contributed by atoms with van der Waals surface area (Å²) >= 11 is 12.2. The van der Waals surface area contributed by atoms with Gasteiger partial charge in [0.2, 0.25) is 0 Å². The Hall–Kier alpha value is -0.440. The molecule has 0 amide bonds. The number of hydrogen-bond donors (Lipinski definition) is 1. The summed E-state index contributed by atoms with van der Waals surface area (Å²) < 4.78 is 0. The quantitative estimate of drug-likeness (QED) is 0.813. The minimum absolute atomic E-state index is 0.728. The van der Waals surface area contributed by atoms with E-state index in [0.717, 1.165) is 40.8 Å². The molecule has 0 fully saturated rings. The topological polar surface area (TPSA) is 15.3 Å². The van der Waals surface area contributed by atoms with E-state index in [1.807, 2.05) is 19.1 Å². The van der Waals surface area contributed by atoms with E-state index in [-0.39, 0.29) is 0 Å². The van der Waals surface area contributed by atoms with Crippen molar-refractivity contribution in [3.05, 3.63) is 27.7 Å². The highest BCUT2D eigenvalue weighted by molar-refractivity contribution is 6.35. The molecule has 0 aromatic heterocycles. The largest absolute Gasteiger partial charge is 0.384 e. The fourth-order valence-electron chi connectivity index (χ4n) is 1.40. The van der Waals surface area contributed by atoms with Crippen LogP contribution in [-0.4, -0.2) is 32.1 Å². The summed E-state index contributed by atoms with van der Waals surface area (Å²) in [5, 5.41) is 4.77. The molecular formula is C12H18Cl2N2. The Balaban J connectivity index is 2.51. The van der Waals surface area contributed by atoms with Crippen molar-refractivity contribution < 1.29 is 0 Å². The Morgan fingerprint density at radius 3 is 2.50 bits per heavy atom. The van der Waals surface area contributed by atoms with E-state index < -0.39 is 0 Å². The minimum Gasteiger partial charge on any atom is -0.384 e. The highest BCUT2D eigenvalue weighted by atomic mass is 35.5. The van der Waals surface area contributed by atoms with Gasteiger partial charge in [-0.3, -0.25) is 0 Å². The number of nitrogens with one attached hydrogen (secondary N) is 1. The average molecular weight is 261 g/mol. The van der Waals surface area contributed by atoms with Crippen LogP contribution >= 0.6 is 23.2 Å². The van der Waals surface area contributed by atoms with Gasteiger partial charge in [0.1, 0.15) is 0 Å². The lowest BCUT2D eigenvalue weighted by atomic mass is 10.2. The van der Waals surface area contributed by atoms with Crippen LogP contribution in [0.15, 0.2) is 12.1 Å². The highest BCUT2D eigenvalue weighted by Crippen LogP contribution is 2.28. The predicted octanol–water partition coefficient (Wildman–Crippen LogP) is 3.67. The second-order valence-corrected chi connectivity index (χ2v) is 4.98. The predicted molar refractivity (Wildman–Crippen MR) is 72.9 cm³/mol. The lowest BCUT2D eigenvalue weighted by Gasteiger charge is -2.12. The second-order valence-electron chi connectivity index (χ2n) is 4.16. The van der Waals surface area contributed by atoms with E-state index >= 15 is 0 Å². The molecule has 0 bridgehead atoms. The molecule has 1 aromatic carbocycles. The minimum atomic E-state index is 0.728. The molecule has 1 rings (SSSR count). The summed E-state index contributed by atoms with van der Waals surface area (Å²) in [5.41, 5.74) is 1.92. The van der Waals surface area contributed by atoms with Crippen LogP contribution in [0.5, 0.6) is 0 Å². The molecule has 0 unspecified atom stereocenters. The summed E-state index contributed by atoms with van der Waals surface area (Å²) in [4.78, 5) is 2.16. The van der Waals surface area contributed by atoms with E-state index in [9.17, 15) is 0 Å². The molecule has 0 heterocycles. The molecule has 4 heteroatoms. The van der Waals surface area contributed by atoms with Crippen LogP contribution in [0.4, 0.5) is 5.69 Å². The number of aryl methyl sites for hydroxylation is 1. The van der Waals surface area contributed by atoms with Crippen molar-refractivity contribution in [2.45, 2.75) is 13.3 Å². The lowest BCUT2D eigenvalue weighted by Crippen LogP contribution is -2.16. The Morgan fingerprint density at radius 2 is 1.88 bits per heavy atom. The van der Waals surface area contributed by atoms with Crippen molar-refractivity contribution in [1.29, 1.82) is 0 Å². The number of rotatable bonds is 5. The first kappa shape index (κ1) is 13.6. The van der Waals surface area contributed by atoms with Gasteiger partial charge in [-0.25, -0.2) is 0 Å². The molecule has 0 saturated heterocycles. The van der Waals surface area contributed by atoms with Gasteiger partial charge in [0, 0.05) is 11.6 Å². The number of halogens is 2. The van der Waals surface area contributed by atoms with Crippen molar-refractivity contribution in [2.24, 2.45) is 0 Å². The van der Waals surface area contributed by atoms with Crippen molar-refractivity contribution >= 4 is 28.9 Å². The number of hydrogen-bond acceptors (Lipinski definition) is 2. The molecule has 90 valence electrons. The smallest absolute Gasteiger partial charge is 0.0641 e. The first-order valence-electron chi connectivity index (χ1n) is 5.35. The first-order valence-corrected chi connectivity index (χ1v) is 6.10. The average Bonchev–Trinajstić information content (AvgIpc) is 2.19. The fraction of sp³-hybridized carbons (Fsp3) is 0.500. The normalized spacial score (nSPS) is 10.9. The van der Waals surface area contributed by atoms with Crippen molar-refractivity contribution in [3.8, 4) is 0 Å². The van der Waals surface area contributed by atoms with Gasteiger partial charge in [-0.1, -0.05) is 23.2 Å². The van der Waals surface area contributed by atoms with E-state index in [1.165, 1.54) is 0 Å². The SMILES string of the molecule is Cc1cc(Cl)c(NCCCN(C)C)cc1Cl.